The van der Waals surface area contributed by atoms with E-state index in [9.17, 15) is 19.5 Å². The Hall–Kier alpha value is -3.09. The summed E-state index contributed by atoms with van der Waals surface area (Å²) >= 11 is 0. The van der Waals surface area contributed by atoms with Gasteiger partial charge in [-0.3, -0.25) is 10.1 Å². The Morgan fingerprint density at radius 2 is 2.00 bits per heavy atom. The molecule has 0 aromatic carbocycles. The van der Waals surface area contributed by atoms with Crippen LogP contribution in [0.25, 0.3) is 0 Å². The molecule has 31 heavy (non-hydrogen) atoms. The number of ether oxygens (including phenoxy) is 1. The molecule has 1 aromatic heterocycles. The van der Waals surface area contributed by atoms with E-state index in [1.165, 1.54) is 19.4 Å². The third-order valence-electron chi connectivity index (χ3n) is 4.83. The van der Waals surface area contributed by atoms with E-state index in [1.54, 1.807) is 19.1 Å². The van der Waals surface area contributed by atoms with E-state index in [0.717, 1.165) is 24.8 Å². The van der Waals surface area contributed by atoms with Crippen molar-refractivity contribution >= 4 is 11.9 Å². The Morgan fingerprint density at radius 3 is 2.61 bits per heavy atom. The average Bonchev–Trinajstić information content (AvgIpc) is 2.74. The summed E-state index contributed by atoms with van der Waals surface area (Å²) in [4.78, 5) is 36.0. The molecule has 0 saturated heterocycles. The topological polar surface area (TPSA) is 106 Å². The highest BCUT2D eigenvalue weighted by Gasteiger charge is 2.21. The fourth-order valence-electron chi connectivity index (χ4n) is 2.79. The number of nitrogens with one attached hydrogen (secondary N) is 1. The molecule has 1 heterocycles. The van der Waals surface area contributed by atoms with Crippen LogP contribution in [0.15, 0.2) is 50.9 Å². The largest absolute Gasteiger partial charge is 0.507 e. The van der Waals surface area contributed by atoms with Crippen LogP contribution in [0.1, 0.15) is 81.8 Å². The predicted molar refractivity (Wildman–Crippen MR) is 120 cm³/mol. The van der Waals surface area contributed by atoms with Crippen LogP contribution in [0.4, 0.5) is 4.79 Å². The van der Waals surface area contributed by atoms with E-state index < -0.39 is 17.5 Å². The number of hydrogen-bond acceptors (Lipinski definition) is 6. The SMILES string of the molecule is CCCC/C(C)=C/C=C(\C)C(=O)c1c(O)cc([C@H](C)CC/C=C/NC(=O)OC)oc1=O. The second-order valence-electron chi connectivity index (χ2n) is 7.51. The van der Waals surface area contributed by atoms with Crippen molar-refractivity contribution < 1.29 is 23.8 Å². The molecule has 0 unspecified atom stereocenters. The van der Waals surface area contributed by atoms with Crippen LogP contribution in [-0.4, -0.2) is 24.1 Å². The molecular formula is C24H33NO6. The molecule has 7 heteroatoms. The second kappa shape index (κ2) is 13.3. The third-order valence-corrected chi connectivity index (χ3v) is 4.83. The van der Waals surface area contributed by atoms with Gasteiger partial charge >= 0.3 is 11.7 Å². The Kier molecular flexibility index (Phi) is 11.1. The lowest BCUT2D eigenvalue weighted by molar-refractivity contribution is 0.102. The van der Waals surface area contributed by atoms with Crippen molar-refractivity contribution in [2.75, 3.05) is 7.11 Å². The number of Topliss-reactive ketones (excluding diaryl/α,β-unsaturated/α-hetero) is 1. The van der Waals surface area contributed by atoms with Crippen LogP contribution in [0.3, 0.4) is 0 Å². The predicted octanol–water partition coefficient (Wildman–Crippen LogP) is 5.36. The van der Waals surface area contributed by atoms with Gasteiger partial charge in [-0.15, -0.1) is 0 Å². The fourth-order valence-corrected chi connectivity index (χ4v) is 2.79. The van der Waals surface area contributed by atoms with Gasteiger partial charge in [0.1, 0.15) is 17.1 Å². The number of alkyl carbamates (subject to hydrolysis) is 1. The Labute approximate surface area is 183 Å². The monoisotopic (exact) mass is 431 g/mol. The van der Waals surface area contributed by atoms with Gasteiger partial charge in [-0.25, -0.2) is 9.59 Å². The van der Waals surface area contributed by atoms with Gasteiger partial charge in [-0.05, 0) is 45.1 Å². The van der Waals surface area contributed by atoms with E-state index in [2.05, 4.69) is 17.0 Å². The molecule has 1 amide bonds. The lowest BCUT2D eigenvalue weighted by Gasteiger charge is -2.11. The Balaban J connectivity index is 2.88. The first kappa shape index (κ1) is 25.9. The molecule has 0 aliphatic rings. The van der Waals surface area contributed by atoms with Crippen LogP contribution in [0, 0.1) is 0 Å². The van der Waals surface area contributed by atoms with Crippen molar-refractivity contribution in [1.82, 2.24) is 5.32 Å². The zero-order valence-electron chi connectivity index (χ0n) is 19.0. The highest BCUT2D eigenvalue weighted by molar-refractivity contribution is 6.09. The van der Waals surface area contributed by atoms with Crippen molar-refractivity contribution in [2.45, 2.75) is 65.7 Å². The van der Waals surface area contributed by atoms with Crippen molar-refractivity contribution in [3.05, 3.63) is 63.4 Å². The lowest BCUT2D eigenvalue weighted by atomic mass is 9.99. The van der Waals surface area contributed by atoms with E-state index >= 15 is 0 Å². The van der Waals surface area contributed by atoms with Gasteiger partial charge in [0.2, 0.25) is 0 Å². The molecule has 2 N–H and O–H groups in total. The number of unbranched alkanes of at least 4 members (excludes halogenated alkanes) is 1. The van der Waals surface area contributed by atoms with Gasteiger partial charge in [-0.2, -0.15) is 0 Å². The number of carbonyl (C=O) groups is 2. The molecule has 0 fully saturated rings. The normalized spacial score (nSPS) is 13.3. The molecule has 0 saturated carbocycles. The molecule has 1 aromatic rings. The molecule has 0 bridgehead atoms. The third kappa shape index (κ3) is 8.66. The number of amides is 1. The van der Waals surface area contributed by atoms with Gasteiger partial charge < -0.3 is 14.3 Å². The van der Waals surface area contributed by atoms with Crippen LogP contribution in [-0.2, 0) is 4.74 Å². The highest BCUT2D eigenvalue weighted by atomic mass is 16.5. The maximum atomic E-state index is 12.6. The minimum atomic E-state index is -0.853. The van der Waals surface area contributed by atoms with Crippen LogP contribution in [0.5, 0.6) is 5.75 Å². The molecule has 170 valence electrons. The first-order valence-electron chi connectivity index (χ1n) is 10.5. The average molecular weight is 432 g/mol. The first-order chi connectivity index (χ1) is 14.7. The molecule has 0 spiro atoms. The van der Waals surface area contributed by atoms with Gasteiger partial charge in [0.25, 0.3) is 0 Å². The molecule has 0 aliphatic carbocycles. The second-order valence-corrected chi connectivity index (χ2v) is 7.51. The summed E-state index contributed by atoms with van der Waals surface area (Å²) in [5.74, 6) is -0.816. The standard InChI is InChI=1S/C24H33NO6/c1-6-7-10-16(2)12-13-18(4)22(27)21-19(26)15-20(31-23(21)28)17(3)11-8-9-14-25-24(29)30-5/h9,12-15,17,26H,6-8,10-11H2,1-5H3,(H,25,29)/b14-9+,16-12+,18-13+/t17-/m1/s1. The van der Waals surface area contributed by atoms with Crippen molar-refractivity contribution in [1.29, 1.82) is 0 Å². The number of allylic oxidation sites excluding steroid dienone is 5. The highest BCUT2D eigenvalue weighted by Crippen LogP contribution is 2.26. The maximum Gasteiger partial charge on any atom is 0.410 e. The van der Waals surface area contributed by atoms with E-state index in [-0.39, 0.29) is 17.2 Å². The van der Waals surface area contributed by atoms with Crippen molar-refractivity contribution in [3.63, 3.8) is 0 Å². The summed E-state index contributed by atoms with van der Waals surface area (Å²) in [6, 6.07) is 1.32. The Morgan fingerprint density at radius 1 is 1.29 bits per heavy atom. The van der Waals surface area contributed by atoms with Gasteiger partial charge in [-0.1, -0.05) is 44.1 Å². The Bertz CT molecular complexity index is 907. The van der Waals surface area contributed by atoms with Crippen LogP contribution >= 0.6 is 0 Å². The van der Waals surface area contributed by atoms with Gasteiger partial charge in [0, 0.05) is 18.2 Å². The zero-order chi connectivity index (χ0) is 23.4. The van der Waals surface area contributed by atoms with E-state index in [0.29, 0.717) is 24.2 Å². The van der Waals surface area contributed by atoms with E-state index in [4.69, 9.17) is 4.42 Å². The quantitative estimate of drug-likeness (QED) is 0.277. The summed E-state index contributed by atoms with van der Waals surface area (Å²) in [5, 5.41) is 12.8. The summed E-state index contributed by atoms with van der Waals surface area (Å²) in [5.41, 5.74) is 0.286. The number of hydrogen-bond donors (Lipinski definition) is 2. The summed E-state index contributed by atoms with van der Waals surface area (Å²) in [6.45, 7) is 7.56. The maximum absolute atomic E-state index is 12.6. The molecule has 1 atom stereocenters. The smallest absolute Gasteiger partial charge is 0.410 e. The molecule has 0 radical (unpaired) electrons. The van der Waals surface area contributed by atoms with E-state index in [1.807, 2.05) is 19.9 Å². The first-order valence-corrected chi connectivity index (χ1v) is 10.5. The van der Waals surface area contributed by atoms with Crippen LogP contribution in [0.2, 0.25) is 0 Å². The molecule has 1 rings (SSSR count). The van der Waals surface area contributed by atoms with Gasteiger partial charge in [0.15, 0.2) is 5.78 Å². The minimum absolute atomic E-state index is 0.175. The van der Waals surface area contributed by atoms with Gasteiger partial charge in [0.05, 0.1) is 7.11 Å². The fraction of sp³-hybridized carbons (Fsp3) is 0.458. The van der Waals surface area contributed by atoms with Crippen molar-refractivity contribution in [3.8, 4) is 5.75 Å². The summed E-state index contributed by atoms with van der Waals surface area (Å²) < 4.78 is 9.77. The van der Waals surface area contributed by atoms with Crippen LogP contribution < -0.4 is 10.9 Å². The molecule has 0 aliphatic heterocycles. The number of carbonyl (C=O) groups excluding carboxylic acids is 2. The molecular weight excluding hydrogens is 398 g/mol. The number of rotatable bonds is 11. The number of methoxy groups -OCH3 is 1. The number of ketones is 1. The number of aromatic hydroxyl groups is 1. The zero-order valence-corrected chi connectivity index (χ0v) is 19.0. The summed E-state index contributed by atoms with van der Waals surface area (Å²) in [6.07, 6.45) is 10.5. The molecule has 7 nitrogen and oxygen atoms in total. The summed E-state index contributed by atoms with van der Waals surface area (Å²) in [7, 11) is 1.27. The lowest BCUT2D eigenvalue weighted by Crippen LogP contribution is -2.16. The van der Waals surface area contributed by atoms with Crippen molar-refractivity contribution in [2.24, 2.45) is 0 Å². The minimum Gasteiger partial charge on any atom is -0.507 e.